The molecule has 3 atom stereocenters. The molecular formula is C17H21N5O2. The van der Waals surface area contributed by atoms with E-state index in [0.29, 0.717) is 42.0 Å². The summed E-state index contributed by atoms with van der Waals surface area (Å²) in [6, 6.07) is 3.54. The molecule has 1 N–H and O–H groups in total. The van der Waals surface area contributed by atoms with Crippen molar-refractivity contribution in [1.82, 2.24) is 25.1 Å². The van der Waals surface area contributed by atoms with Crippen LogP contribution in [-0.2, 0) is 11.2 Å². The number of nitrogens with one attached hydrogen (secondary N) is 1. The first kappa shape index (κ1) is 15.1. The first-order valence-corrected chi connectivity index (χ1v) is 8.43. The molecule has 0 aromatic carbocycles. The van der Waals surface area contributed by atoms with Crippen LogP contribution in [0, 0.1) is 17.8 Å². The minimum atomic E-state index is 0.0569. The molecule has 2 heterocycles. The third kappa shape index (κ3) is 2.86. The van der Waals surface area contributed by atoms with E-state index in [0.717, 1.165) is 12.5 Å². The largest absolute Gasteiger partial charge is 0.480 e. The fourth-order valence-corrected chi connectivity index (χ4v) is 3.77. The van der Waals surface area contributed by atoms with E-state index in [1.54, 1.807) is 23.8 Å². The Balaban J connectivity index is 1.31. The highest BCUT2D eigenvalue weighted by Gasteiger charge is 2.35. The molecule has 7 heteroatoms. The topological polar surface area (TPSA) is 81.4 Å². The molecule has 0 saturated heterocycles. The summed E-state index contributed by atoms with van der Waals surface area (Å²) in [5, 5.41) is 15.5. The van der Waals surface area contributed by atoms with E-state index < -0.39 is 0 Å². The summed E-state index contributed by atoms with van der Waals surface area (Å²) in [6.07, 6.45) is 7.99. The summed E-state index contributed by atoms with van der Waals surface area (Å²) in [4.78, 5) is 12.1. The van der Waals surface area contributed by atoms with E-state index in [2.05, 4.69) is 32.8 Å². The predicted octanol–water partition coefficient (Wildman–Crippen LogP) is 1.39. The average Bonchev–Trinajstić information content (AvgIpc) is 3.32. The van der Waals surface area contributed by atoms with Gasteiger partial charge in [-0.2, -0.15) is 4.52 Å². The van der Waals surface area contributed by atoms with Gasteiger partial charge in [0.2, 0.25) is 11.8 Å². The number of nitrogens with zero attached hydrogens (tertiary/aromatic N) is 4. The standard InChI is InChI=1S/C17H21N5O2/c1-24-17-7-5-15-20-19-14(22(15)21-17)4-6-16(23)18-10-13-9-11-2-3-12(13)8-11/h2-3,5,7,11-13H,4,6,8-10H2,1H3,(H,18,23)/t11-,12+,13-/m1/s1. The van der Waals surface area contributed by atoms with Gasteiger partial charge in [-0.1, -0.05) is 12.2 Å². The SMILES string of the molecule is COc1ccc2nnc(CCC(=O)NC[C@H]3C[C@@H]4C=C[C@H]3C4)n2n1. The zero-order valence-corrected chi connectivity index (χ0v) is 13.7. The number of hydrogen-bond donors (Lipinski definition) is 1. The van der Waals surface area contributed by atoms with Crippen LogP contribution in [0.2, 0.25) is 0 Å². The maximum atomic E-state index is 12.1. The van der Waals surface area contributed by atoms with Gasteiger partial charge >= 0.3 is 0 Å². The average molecular weight is 327 g/mol. The van der Waals surface area contributed by atoms with Crippen LogP contribution in [-0.4, -0.2) is 39.4 Å². The molecule has 0 unspecified atom stereocenters. The van der Waals surface area contributed by atoms with E-state index in [1.807, 2.05) is 0 Å². The highest BCUT2D eigenvalue weighted by atomic mass is 16.5. The van der Waals surface area contributed by atoms with Crippen molar-refractivity contribution < 1.29 is 9.53 Å². The Morgan fingerprint density at radius 2 is 2.25 bits per heavy atom. The summed E-state index contributed by atoms with van der Waals surface area (Å²) >= 11 is 0. The van der Waals surface area contributed by atoms with Gasteiger partial charge in [-0.05, 0) is 36.7 Å². The van der Waals surface area contributed by atoms with Gasteiger partial charge in [0.25, 0.3) is 0 Å². The summed E-state index contributed by atoms with van der Waals surface area (Å²) in [5.41, 5.74) is 0.653. The lowest BCUT2D eigenvalue weighted by Crippen LogP contribution is -2.31. The fourth-order valence-electron chi connectivity index (χ4n) is 3.77. The normalized spacial score (nSPS) is 24.6. The molecule has 2 aromatic heterocycles. The van der Waals surface area contributed by atoms with E-state index in [4.69, 9.17) is 4.74 Å². The van der Waals surface area contributed by atoms with Crippen LogP contribution in [0.3, 0.4) is 0 Å². The van der Waals surface area contributed by atoms with Gasteiger partial charge in [-0.3, -0.25) is 4.79 Å². The minimum absolute atomic E-state index is 0.0569. The van der Waals surface area contributed by atoms with Gasteiger partial charge in [-0.15, -0.1) is 15.3 Å². The zero-order chi connectivity index (χ0) is 16.5. The van der Waals surface area contributed by atoms with Crippen molar-refractivity contribution in [2.45, 2.75) is 25.7 Å². The lowest BCUT2D eigenvalue weighted by atomic mass is 9.93. The van der Waals surface area contributed by atoms with Gasteiger partial charge in [0.05, 0.1) is 7.11 Å². The van der Waals surface area contributed by atoms with Gasteiger partial charge in [0.1, 0.15) is 0 Å². The second-order valence-corrected chi connectivity index (χ2v) is 6.61. The van der Waals surface area contributed by atoms with E-state index in [-0.39, 0.29) is 5.91 Å². The van der Waals surface area contributed by atoms with E-state index in [9.17, 15) is 4.79 Å². The van der Waals surface area contributed by atoms with E-state index in [1.165, 1.54) is 12.8 Å². The van der Waals surface area contributed by atoms with Crippen molar-refractivity contribution in [2.24, 2.45) is 17.8 Å². The van der Waals surface area contributed by atoms with Gasteiger partial charge in [0, 0.05) is 25.5 Å². The number of hydrogen-bond acceptors (Lipinski definition) is 5. The number of amides is 1. The molecule has 1 amide bonds. The molecule has 126 valence electrons. The molecule has 2 aliphatic carbocycles. The number of carbonyl (C=O) groups excluding carboxylic acids is 1. The molecule has 24 heavy (non-hydrogen) atoms. The monoisotopic (exact) mass is 327 g/mol. The number of fused-ring (bicyclic) bond motifs is 3. The summed E-state index contributed by atoms with van der Waals surface area (Å²) in [7, 11) is 1.57. The van der Waals surface area contributed by atoms with Crippen molar-refractivity contribution in [2.75, 3.05) is 13.7 Å². The smallest absolute Gasteiger partial charge is 0.231 e. The van der Waals surface area contributed by atoms with Crippen LogP contribution in [0.4, 0.5) is 0 Å². The van der Waals surface area contributed by atoms with Crippen molar-refractivity contribution >= 4 is 11.6 Å². The highest BCUT2D eigenvalue weighted by molar-refractivity contribution is 5.76. The zero-order valence-electron chi connectivity index (χ0n) is 13.7. The molecular weight excluding hydrogens is 306 g/mol. The van der Waals surface area contributed by atoms with Crippen LogP contribution in [0.15, 0.2) is 24.3 Å². The number of ether oxygens (including phenoxy) is 1. The van der Waals surface area contributed by atoms with Crippen LogP contribution >= 0.6 is 0 Å². The molecule has 0 radical (unpaired) electrons. The highest BCUT2D eigenvalue weighted by Crippen LogP contribution is 2.42. The number of rotatable bonds is 6. The molecule has 1 saturated carbocycles. The van der Waals surface area contributed by atoms with Crippen LogP contribution in [0.5, 0.6) is 5.88 Å². The van der Waals surface area contributed by atoms with Gasteiger partial charge in [0.15, 0.2) is 11.5 Å². The number of aryl methyl sites for hydroxylation is 1. The Morgan fingerprint density at radius 3 is 3.00 bits per heavy atom. The molecule has 0 aliphatic heterocycles. The van der Waals surface area contributed by atoms with Crippen molar-refractivity contribution in [1.29, 1.82) is 0 Å². The molecule has 7 nitrogen and oxygen atoms in total. The molecule has 2 bridgehead atoms. The summed E-state index contributed by atoms with van der Waals surface area (Å²) in [5.74, 6) is 3.22. The Kier molecular flexibility index (Phi) is 3.92. The van der Waals surface area contributed by atoms with Gasteiger partial charge < -0.3 is 10.1 Å². The van der Waals surface area contributed by atoms with Crippen LogP contribution in [0.25, 0.3) is 5.65 Å². The molecule has 0 spiro atoms. The molecule has 2 aromatic rings. The number of carbonyl (C=O) groups is 1. The number of allylic oxidation sites excluding steroid dienone is 2. The Morgan fingerprint density at radius 1 is 1.33 bits per heavy atom. The maximum absolute atomic E-state index is 12.1. The van der Waals surface area contributed by atoms with Crippen molar-refractivity contribution in [3.63, 3.8) is 0 Å². The van der Waals surface area contributed by atoms with Crippen LogP contribution < -0.4 is 10.1 Å². The second-order valence-electron chi connectivity index (χ2n) is 6.61. The van der Waals surface area contributed by atoms with E-state index >= 15 is 0 Å². The number of methoxy groups -OCH3 is 1. The Labute approximate surface area is 140 Å². The fraction of sp³-hybridized carbons (Fsp3) is 0.529. The first-order chi connectivity index (χ1) is 11.7. The summed E-state index contributed by atoms with van der Waals surface area (Å²) in [6.45, 7) is 0.775. The summed E-state index contributed by atoms with van der Waals surface area (Å²) < 4.78 is 6.75. The third-order valence-corrected chi connectivity index (χ3v) is 5.07. The Bertz CT molecular complexity index is 784. The van der Waals surface area contributed by atoms with Crippen molar-refractivity contribution in [3.05, 3.63) is 30.1 Å². The third-order valence-electron chi connectivity index (χ3n) is 5.07. The molecule has 2 aliphatic rings. The minimum Gasteiger partial charge on any atom is -0.480 e. The van der Waals surface area contributed by atoms with Gasteiger partial charge in [-0.25, -0.2) is 0 Å². The first-order valence-electron chi connectivity index (χ1n) is 8.43. The Hall–Kier alpha value is -2.44. The second kappa shape index (κ2) is 6.22. The maximum Gasteiger partial charge on any atom is 0.231 e. The van der Waals surface area contributed by atoms with Crippen LogP contribution in [0.1, 0.15) is 25.1 Å². The lowest BCUT2D eigenvalue weighted by molar-refractivity contribution is -0.121. The predicted molar refractivity (Wildman–Crippen MR) is 87.5 cm³/mol. The lowest BCUT2D eigenvalue weighted by Gasteiger charge is -2.18. The quantitative estimate of drug-likeness (QED) is 0.811. The molecule has 1 fully saturated rings. The molecule has 4 rings (SSSR count). The van der Waals surface area contributed by atoms with Crippen molar-refractivity contribution in [3.8, 4) is 5.88 Å². The number of aromatic nitrogens is 4.